The fourth-order valence-corrected chi connectivity index (χ4v) is 5.06. The average Bonchev–Trinajstić information content (AvgIpc) is 3.10. The van der Waals surface area contributed by atoms with Crippen LogP contribution in [-0.2, 0) is 30.1 Å². The Hall–Kier alpha value is -1.80. The average molecular weight is 482 g/mol. The molecule has 0 radical (unpaired) electrons. The first kappa shape index (κ1) is 24.8. The first-order valence-electron chi connectivity index (χ1n) is 10.1. The highest BCUT2D eigenvalue weighted by Gasteiger charge is 2.54. The number of halogens is 8. The summed E-state index contributed by atoms with van der Waals surface area (Å²) in [4.78, 5) is 0. The molecule has 0 amide bonds. The Morgan fingerprint density at radius 2 is 1.56 bits per heavy atom. The predicted molar refractivity (Wildman–Crippen MR) is 110 cm³/mol. The Bertz CT molecular complexity index is 966. The fraction of sp³-hybridized carbons (Fsp3) is 0.478. The summed E-state index contributed by atoms with van der Waals surface area (Å²) in [6.45, 7) is 1.23. The number of rotatable bonds is 3. The van der Waals surface area contributed by atoms with Gasteiger partial charge in [0.05, 0.1) is 5.56 Å². The molecule has 1 fully saturated rings. The number of alkyl halides is 7. The van der Waals surface area contributed by atoms with E-state index in [1.165, 1.54) is 24.3 Å². The summed E-state index contributed by atoms with van der Waals surface area (Å²) in [6.07, 6.45) is -7.08. The molecule has 1 aliphatic carbocycles. The third-order valence-electron chi connectivity index (χ3n) is 6.85. The van der Waals surface area contributed by atoms with Gasteiger partial charge in [-0.3, -0.25) is 0 Å². The molecule has 2 aliphatic rings. The first-order chi connectivity index (χ1) is 14.3. The molecule has 1 N–H and O–H groups in total. The molecule has 3 atom stereocenters. The minimum absolute atomic E-state index is 0. The molecule has 0 spiro atoms. The molecule has 4 rings (SSSR count). The predicted octanol–water partition coefficient (Wildman–Crippen LogP) is 6.66. The van der Waals surface area contributed by atoms with Crippen LogP contribution in [0.25, 0.3) is 0 Å². The number of aryl methyl sites for hydroxylation is 1. The molecule has 1 heterocycles. The van der Waals surface area contributed by atoms with Gasteiger partial charge in [-0.15, -0.1) is 12.4 Å². The van der Waals surface area contributed by atoms with Crippen LogP contribution in [0.1, 0.15) is 47.6 Å². The van der Waals surface area contributed by atoms with Crippen LogP contribution in [-0.4, -0.2) is 18.8 Å². The Balaban J connectivity index is 0.00000289. The normalized spacial score (nSPS) is 24.8. The molecule has 9 heteroatoms. The van der Waals surface area contributed by atoms with Crippen molar-refractivity contribution in [2.24, 2.45) is 0 Å². The van der Waals surface area contributed by atoms with E-state index in [-0.39, 0.29) is 18.4 Å². The minimum Gasteiger partial charge on any atom is -0.313 e. The van der Waals surface area contributed by atoms with Gasteiger partial charge in [0.15, 0.2) is 0 Å². The Morgan fingerprint density at radius 1 is 0.938 bits per heavy atom. The quantitative estimate of drug-likeness (QED) is 0.483. The number of benzene rings is 2. The van der Waals surface area contributed by atoms with Crippen LogP contribution >= 0.6 is 12.4 Å². The van der Waals surface area contributed by atoms with Crippen LogP contribution in [0.2, 0.25) is 0 Å². The van der Waals surface area contributed by atoms with Gasteiger partial charge in [-0.05, 0) is 73.5 Å². The molecule has 0 saturated carbocycles. The van der Waals surface area contributed by atoms with E-state index in [1.807, 2.05) is 0 Å². The van der Waals surface area contributed by atoms with E-state index in [0.717, 1.165) is 23.3 Å². The molecule has 1 aliphatic heterocycles. The molecule has 1 nitrogen and oxygen atoms in total. The zero-order valence-electron chi connectivity index (χ0n) is 17.2. The maximum atomic E-state index is 14.5. The van der Waals surface area contributed by atoms with E-state index in [0.29, 0.717) is 44.7 Å². The van der Waals surface area contributed by atoms with Gasteiger partial charge in [0.25, 0.3) is 0 Å². The van der Waals surface area contributed by atoms with Gasteiger partial charge in [-0.25, -0.2) is 4.39 Å². The monoisotopic (exact) mass is 481 g/mol. The zero-order valence-corrected chi connectivity index (χ0v) is 18.0. The lowest BCUT2D eigenvalue weighted by Gasteiger charge is -2.42. The third kappa shape index (κ3) is 4.12. The molecule has 176 valence electrons. The van der Waals surface area contributed by atoms with Crippen molar-refractivity contribution >= 4 is 12.4 Å². The van der Waals surface area contributed by atoms with Crippen LogP contribution in [0.4, 0.5) is 30.7 Å². The number of hydrogen-bond acceptors (Lipinski definition) is 1. The molecule has 32 heavy (non-hydrogen) atoms. The smallest absolute Gasteiger partial charge is 0.313 e. The Labute approximate surface area is 187 Å². The van der Waals surface area contributed by atoms with E-state index < -0.39 is 34.6 Å². The van der Waals surface area contributed by atoms with Gasteiger partial charge in [0.1, 0.15) is 0 Å². The molecular weight excluding hydrogens is 459 g/mol. The lowest BCUT2D eigenvalue weighted by molar-refractivity contribution is -0.228. The first-order valence-corrected chi connectivity index (χ1v) is 10.1. The minimum atomic E-state index is -5.02. The number of nitrogens with one attached hydrogen (secondary N) is 1. The van der Waals surface area contributed by atoms with Crippen molar-refractivity contribution < 1.29 is 30.7 Å². The highest BCUT2D eigenvalue weighted by molar-refractivity contribution is 5.85. The van der Waals surface area contributed by atoms with Crippen molar-refractivity contribution in [2.45, 2.75) is 62.1 Å². The molecule has 3 unspecified atom stereocenters. The van der Waals surface area contributed by atoms with Crippen molar-refractivity contribution in [2.75, 3.05) is 6.54 Å². The summed E-state index contributed by atoms with van der Waals surface area (Å²) in [5.74, 6) is 0. The van der Waals surface area contributed by atoms with Crippen LogP contribution < -0.4 is 5.32 Å². The van der Waals surface area contributed by atoms with E-state index in [9.17, 15) is 30.7 Å². The SMILES string of the molecule is CC(F)(c1ccc2c(c1)CCC1NCCC21Cc1ccc(C(F)(F)F)cc1)C(F)(F)F.Cl. The molecule has 2 aromatic carbocycles. The van der Waals surface area contributed by atoms with Crippen molar-refractivity contribution in [1.29, 1.82) is 0 Å². The highest BCUT2D eigenvalue weighted by atomic mass is 35.5. The van der Waals surface area contributed by atoms with Crippen molar-refractivity contribution in [3.05, 3.63) is 70.3 Å². The summed E-state index contributed by atoms with van der Waals surface area (Å²) >= 11 is 0. The lowest BCUT2D eigenvalue weighted by Crippen LogP contribution is -2.46. The van der Waals surface area contributed by atoms with Gasteiger partial charge in [-0.2, -0.15) is 26.3 Å². The van der Waals surface area contributed by atoms with Crippen molar-refractivity contribution in [1.82, 2.24) is 5.32 Å². The van der Waals surface area contributed by atoms with Gasteiger partial charge in [-0.1, -0.05) is 30.3 Å². The summed E-state index contributed by atoms with van der Waals surface area (Å²) in [7, 11) is 0. The second kappa shape index (κ2) is 8.20. The summed E-state index contributed by atoms with van der Waals surface area (Å²) in [6, 6.07) is 9.16. The van der Waals surface area contributed by atoms with Crippen molar-refractivity contribution in [3.8, 4) is 0 Å². The summed E-state index contributed by atoms with van der Waals surface area (Å²) in [5, 5.41) is 3.43. The van der Waals surface area contributed by atoms with E-state index in [2.05, 4.69) is 5.32 Å². The Kier molecular flexibility index (Phi) is 6.37. The molecule has 0 bridgehead atoms. The third-order valence-corrected chi connectivity index (χ3v) is 6.85. The van der Waals surface area contributed by atoms with Crippen LogP contribution in [0.5, 0.6) is 0 Å². The maximum Gasteiger partial charge on any atom is 0.426 e. The van der Waals surface area contributed by atoms with Crippen LogP contribution in [0.3, 0.4) is 0 Å². The van der Waals surface area contributed by atoms with Gasteiger partial charge in [0.2, 0.25) is 5.67 Å². The van der Waals surface area contributed by atoms with E-state index >= 15 is 0 Å². The lowest BCUT2D eigenvalue weighted by atomic mass is 9.63. The van der Waals surface area contributed by atoms with E-state index in [4.69, 9.17) is 0 Å². The zero-order chi connectivity index (χ0) is 22.7. The molecule has 1 saturated heterocycles. The van der Waals surface area contributed by atoms with E-state index in [1.54, 1.807) is 6.07 Å². The van der Waals surface area contributed by atoms with Gasteiger partial charge >= 0.3 is 12.4 Å². The highest BCUT2D eigenvalue weighted by Crippen LogP contribution is 2.48. The fourth-order valence-electron chi connectivity index (χ4n) is 5.06. The van der Waals surface area contributed by atoms with Crippen LogP contribution in [0, 0.1) is 0 Å². The summed E-state index contributed by atoms with van der Waals surface area (Å²) < 4.78 is 92.7. The second-order valence-electron chi connectivity index (χ2n) is 8.70. The van der Waals surface area contributed by atoms with Crippen molar-refractivity contribution in [3.63, 3.8) is 0 Å². The number of fused-ring (bicyclic) bond motifs is 3. The molecular formula is C23H23ClF7N. The molecule has 0 aromatic heterocycles. The molecule has 2 aromatic rings. The number of hydrogen-bond donors (Lipinski definition) is 1. The van der Waals surface area contributed by atoms with Gasteiger partial charge < -0.3 is 5.32 Å². The largest absolute Gasteiger partial charge is 0.426 e. The van der Waals surface area contributed by atoms with Gasteiger partial charge in [0, 0.05) is 11.5 Å². The van der Waals surface area contributed by atoms with Crippen LogP contribution in [0.15, 0.2) is 42.5 Å². The summed E-state index contributed by atoms with van der Waals surface area (Å²) in [5.41, 5.74) is -2.78. The Morgan fingerprint density at radius 3 is 2.16 bits per heavy atom. The topological polar surface area (TPSA) is 12.0 Å². The second-order valence-corrected chi connectivity index (χ2v) is 8.70. The maximum absolute atomic E-state index is 14.5. The standard InChI is InChI=1S/C23H22F7N.ClH/c1-20(24,23(28,29)30)17-7-8-18-15(12-17)4-9-19-21(18,10-11-31-19)13-14-2-5-16(6-3-14)22(25,26)27;/h2-3,5-8,12,19,31H,4,9-11,13H2,1H3;1H.